The van der Waals surface area contributed by atoms with Gasteiger partial charge in [0, 0.05) is 39.0 Å². The zero-order valence-corrected chi connectivity index (χ0v) is 31.7. The third-order valence-electron chi connectivity index (χ3n) is 7.86. The minimum atomic E-state index is -1.17. The molecule has 0 spiro atoms. The van der Waals surface area contributed by atoms with E-state index in [1.54, 1.807) is 12.1 Å². The fourth-order valence-electron chi connectivity index (χ4n) is 4.88. The van der Waals surface area contributed by atoms with Crippen LogP contribution in [-0.2, 0) is 42.9 Å². The number of aliphatic carboxylic acids is 1. The molecule has 0 saturated carbocycles. The summed E-state index contributed by atoms with van der Waals surface area (Å²) in [5.41, 5.74) is 0.219. The number of benzene rings is 1. The van der Waals surface area contributed by atoms with Crippen LogP contribution in [0.15, 0.2) is 24.3 Å². The molecule has 1 atom stereocenters. The zero-order chi connectivity index (χ0) is 39.7. The maximum absolute atomic E-state index is 12.3. The molecule has 16 heteroatoms. The van der Waals surface area contributed by atoms with Gasteiger partial charge in [-0.15, -0.1) is 0 Å². The number of carbonyl (C=O) groups is 6. The Bertz CT molecular complexity index is 1210. The van der Waals surface area contributed by atoms with Gasteiger partial charge in [-0.25, -0.2) is 9.59 Å². The Morgan fingerprint density at radius 2 is 1.17 bits per heavy atom. The molecule has 54 heavy (non-hydrogen) atoms. The standard InChI is InChI=1S/C38H61N3O13/c1-2-19-39-35(44)28-53-27-25-51-23-20-40-36(45)29-52-26-24-50-21-10-11-31(42)15-18-33(38(48)49)41-34(43)12-8-6-4-3-5-7-9-22-54-32-16-13-30(14-17-32)37(46)47/h13-14,16-17,33H,2-12,15,18-29H2,1H3,(H,39,44)(H,40,45)(H,41,43)(H,46,47)(H,48,49)/t33-/m0/s1. The molecule has 0 saturated heterocycles. The highest BCUT2D eigenvalue weighted by molar-refractivity contribution is 5.87. The fourth-order valence-corrected chi connectivity index (χ4v) is 4.88. The first-order valence-corrected chi connectivity index (χ1v) is 19.0. The number of ether oxygens (including phenoxy) is 5. The molecule has 1 aromatic carbocycles. The average molecular weight is 768 g/mol. The molecule has 0 heterocycles. The third kappa shape index (κ3) is 27.5. The van der Waals surface area contributed by atoms with Crippen molar-refractivity contribution in [3.63, 3.8) is 0 Å². The number of hydrogen-bond acceptors (Lipinski definition) is 11. The van der Waals surface area contributed by atoms with Crippen LogP contribution in [0.2, 0.25) is 0 Å². The summed E-state index contributed by atoms with van der Waals surface area (Å²) in [7, 11) is 0. The van der Waals surface area contributed by atoms with E-state index in [9.17, 15) is 33.9 Å². The summed E-state index contributed by atoms with van der Waals surface area (Å²) in [5, 5.41) is 26.3. The van der Waals surface area contributed by atoms with E-state index < -0.39 is 18.0 Å². The van der Waals surface area contributed by atoms with E-state index in [0.717, 1.165) is 44.9 Å². The third-order valence-corrected chi connectivity index (χ3v) is 7.86. The number of ketones is 1. The van der Waals surface area contributed by atoms with E-state index in [1.165, 1.54) is 12.1 Å². The van der Waals surface area contributed by atoms with Gasteiger partial charge < -0.3 is 49.8 Å². The van der Waals surface area contributed by atoms with Gasteiger partial charge in [0.15, 0.2) is 0 Å². The van der Waals surface area contributed by atoms with Gasteiger partial charge in [0.05, 0.1) is 45.2 Å². The Morgan fingerprint density at radius 3 is 1.78 bits per heavy atom. The highest BCUT2D eigenvalue weighted by atomic mass is 16.5. The summed E-state index contributed by atoms with van der Waals surface area (Å²) >= 11 is 0. The summed E-state index contributed by atoms with van der Waals surface area (Å²) in [6.07, 6.45) is 8.24. The predicted octanol–water partition coefficient (Wildman–Crippen LogP) is 3.29. The molecule has 0 aromatic heterocycles. The summed E-state index contributed by atoms with van der Waals surface area (Å²) in [4.78, 5) is 70.3. The number of carboxylic acid groups (broad SMARTS) is 2. The van der Waals surface area contributed by atoms with Crippen molar-refractivity contribution in [2.45, 2.75) is 96.4 Å². The molecule has 0 radical (unpaired) electrons. The van der Waals surface area contributed by atoms with Crippen LogP contribution in [0.5, 0.6) is 5.75 Å². The smallest absolute Gasteiger partial charge is 0.335 e. The molecule has 0 aliphatic rings. The number of nitrogens with one attached hydrogen (secondary N) is 3. The van der Waals surface area contributed by atoms with E-state index in [-0.39, 0.29) is 87.8 Å². The Hall–Kier alpha value is -4.12. The van der Waals surface area contributed by atoms with Crippen LogP contribution in [0.1, 0.15) is 101 Å². The lowest BCUT2D eigenvalue weighted by Crippen LogP contribution is -2.41. The number of Topliss-reactive ketones (excluding diaryl/α,β-unsaturated/α-hetero) is 1. The fraction of sp³-hybridized carbons (Fsp3) is 0.684. The first kappa shape index (κ1) is 47.9. The normalized spacial score (nSPS) is 11.4. The molecule has 0 bridgehead atoms. The molecule has 16 nitrogen and oxygen atoms in total. The van der Waals surface area contributed by atoms with Gasteiger partial charge in [0.1, 0.15) is 30.8 Å². The number of amides is 3. The number of unbranched alkanes of at least 4 members (excludes halogenated alkanes) is 6. The number of carbonyl (C=O) groups excluding carboxylic acids is 4. The zero-order valence-electron chi connectivity index (χ0n) is 31.7. The number of aromatic carboxylic acids is 1. The molecule has 0 unspecified atom stereocenters. The van der Waals surface area contributed by atoms with Crippen LogP contribution in [0.25, 0.3) is 0 Å². The molecular formula is C38H61N3O13. The van der Waals surface area contributed by atoms with Crippen LogP contribution in [-0.4, -0.2) is 124 Å². The lowest BCUT2D eigenvalue weighted by Gasteiger charge is -2.14. The van der Waals surface area contributed by atoms with E-state index >= 15 is 0 Å². The minimum Gasteiger partial charge on any atom is -0.494 e. The lowest BCUT2D eigenvalue weighted by molar-refractivity contribution is -0.142. The topological polar surface area (TPSA) is 225 Å². The second-order valence-electron chi connectivity index (χ2n) is 12.6. The van der Waals surface area contributed by atoms with Crippen molar-refractivity contribution >= 4 is 35.4 Å². The van der Waals surface area contributed by atoms with Gasteiger partial charge >= 0.3 is 11.9 Å². The Labute approximate surface area is 318 Å². The first-order valence-electron chi connectivity index (χ1n) is 19.0. The molecule has 3 amide bonds. The van der Waals surface area contributed by atoms with Crippen molar-refractivity contribution in [2.24, 2.45) is 0 Å². The van der Waals surface area contributed by atoms with Crippen LogP contribution in [0.4, 0.5) is 0 Å². The summed E-state index contributed by atoms with van der Waals surface area (Å²) < 4.78 is 26.9. The highest BCUT2D eigenvalue weighted by Gasteiger charge is 2.20. The molecule has 0 aliphatic heterocycles. The number of rotatable bonds is 36. The SMILES string of the molecule is CCCNC(=O)COCCOCCNC(=O)COCCOCCCC(=O)CC[C@H](NC(=O)CCCCCCCCCOc1ccc(C(=O)O)cc1)C(=O)O. The van der Waals surface area contributed by atoms with E-state index in [0.29, 0.717) is 58.1 Å². The van der Waals surface area contributed by atoms with Gasteiger partial charge in [0.2, 0.25) is 17.7 Å². The predicted molar refractivity (Wildman–Crippen MR) is 198 cm³/mol. The lowest BCUT2D eigenvalue weighted by atomic mass is 10.1. The van der Waals surface area contributed by atoms with Gasteiger partial charge in [-0.2, -0.15) is 0 Å². The van der Waals surface area contributed by atoms with Gasteiger partial charge in [-0.1, -0.05) is 39.0 Å². The van der Waals surface area contributed by atoms with Crippen molar-refractivity contribution in [3.8, 4) is 5.75 Å². The van der Waals surface area contributed by atoms with Crippen molar-refractivity contribution in [1.29, 1.82) is 0 Å². The Morgan fingerprint density at radius 1 is 0.593 bits per heavy atom. The number of carboxylic acids is 2. The Balaban J connectivity index is 1.95. The van der Waals surface area contributed by atoms with Crippen LogP contribution in [0, 0.1) is 0 Å². The monoisotopic (exact) mass is 767 g/mol. The quantitative estimate of drug-likeness (QED) is 0.0619. The molecule has 0 aliphatic carbocycles. The molecule has 0 fully saturated rings. The van der Waals surface area contributed by atoms with Gasteiger partial charge in [-0.05, 0) is 56.4 Å². The summed E-state index contributed by atoms with van der Waals surface area (Å²) in [6, 6.07) is 5.19. The van der Waals surface area contributed by atoms with Crippen molar-refractivity contribution in [1.82, 2.24) is 16.0 Å². The van der Waals surface area contributed by atoms with Crippen molar-refractivity contribution < 1.29 is 62.7 Å². The van der Waals surface area contributed by atoms with E-state index in [4.69, 9.17) is 28.8 Å². The largest absolute Gasteiger partial charge is 0.494 e. The van der Waals surface area contributed by atoms with Crippen LogP contribution in [0.3, 0.4) is 0 Å². The molecule has 1 rings (SSSR count). The highest BCUT2D eigenvalue weighted by Crippen LogP contribution is 2.14. The molecular weight excluding hydrogens is 706 g/mol. The summed E-state index contributed by atoms with van der Waals surface area (Å²) in [6.45, 7) is 4.94. The number of hydrogen-bond donors (Lipinski definition) is 5. The Kier molecular flexibility index (Phi) is 28.7. The van der Waals surface area contributed by atoms with E-state index in [1.807, 2.05) is 6.92 Å². The maximum atomic E-state index is 12.3. The second-order valence-corrected chi connectivity index (χ2v) is 12.6. The van der Waals surface area contributed by atoms with Crippen molar-refractivity contribution in [2.75, 3.05) is 72.6 Å². The average Bonchev–Trinajstić information content (AvgIpc) is 3.15. The van der Waals surface area contributed by atoms with Gasteiger partial charge in [0.25, 0.3) is 0 Å². The van der Waals surface area contributed by atoms with Gasteiger partial charge in [-0.3, -0.25) is 19.2 Å². The molecule has 5 N–H and O–H groups in total. The van der Waals surface area contributed by atoms with Crippen LogP contribution < -0.4 is 20.7 Å². The minimum absolute atomic E-state index is 0.0141. The first-order chi connectivity index (χ1) is 26.1. The maximum Gasteiger partial charge on any atom is 0.335 e. The second kappa shape index (κ2) is 32.3. The molecule has 306 valence electrons. The van der Waals surface area contributed by atoms with Crippen LogP contribution >= 0.6 is 0 Å². The van der Waals surface area contributed by atoms with Crippen molar-refractivity contribution in [3.05, 3.63) is 29.8 Å². The summed E-state index contributed by atoms with van der Waals surface area (Å²) in [5.74, 6) is -2.41. The molecule has 1 aromatic rings. The van der Waals surface area contributed by atoms with E-state index in [2.05, 4.69) is 16.0 Å².